The summed E-state index contributed by atoms with van der Waals surface area (Å²) in [7, 11) is 0. The average molecular weight is 285 g/mol. The highest BCUT2D eigenvalue weighted by Gasteiger charge is 2.21. The highest BCUT2D eigenvalue weighted by Crippen LogP contribution is 2.12. The molecule has 19 heavy (non-hydrogen) atoms. The molecule has 1 fully saturated rings. The maximum atomic E-state index is 11.8. The summed E-state index contributed by atoms with van der Waals surface area (Å²) in [6.07, 6.45) is 1.55. The second-order valence-corrected chi connectivity index (χ2v) is 4.78. The second-order valence-electron chi connectivity index (χ2n) is 4.78. The minimum Gasteiger partial charge on any atom is -0.389 e. The van der Waals surface area contributed by atoms with Gasteiger partial charge in [0.2, 0.25) is 5.91 Å². The van der Waals surface area contributed by atoms with Gasteiger partial charge in [0.15, 0.2) is 0 Å². The molecular weight excluding hydrogens is 264 g/mol. The zero-order valence-corrected chi connectivity index (χ0v) is 11.9. The van der Waals surface area contributed by atoms with E-state index in [4.69, 9.17) is 0 Å². The van der Waals surface area contributed by atoms with E-state index in [1.807, 2.05) is 24.3 Å². The number of aliphatic hydroxyl groups is 1. The summed E-state index contributed by atoms with van der Waals surface area (Å²) in [5, 5.41) is 15.5. The molecule has 2 unspecified atom stereocenters. The lowest BCUT2D eigenvalue weighted by Crippen LogP contribution is -2.39. The predicted octanol–water partition coefficient (Wildman–Crippen LogP) is 1.53. The molecule has 0 radical (unpaired) electrons. The van der Waals surface area contributed by atoms with Crippen molar-refractivity contribution in [2.45, 2.75) is 38.5 Å². The first-order chi connectivity index (χ1) is 8.66. The third-order valence-electron chi connectivity index (χ3n) is 3.31. The fraction of sp³-hybridized carbons (Fsp3) is 0.500. The van der Waals surface area contributed by atoms with E-state index in [0.717, 1.165) is 30.5 Å². The summed E-state index contributed by atoms with van der Waals surface area (Å²) in [6.45, 7) is 3.21. The van der Waals surface area contributed by atoms with E-state index in [9.17, 15) is 9.90 Å². The molecular formula is C14H21ClN2O2. The molecule has 0 saturated carbocycles. The molecule has 1 aromatic carbocycles. The number of carbonyl (C=O) groups excluding carboxylic acids is 1. The number of aliphatic hydroxyl groups excluding tert-OH is 1. The molecule has 1 aliphatic rings. The fourth-order valence-corrected chi connectivity index (χ4v) is 2.13. The molecule has 106 valence electrons. The van der Waals surface area contributed by atoms with Gasteiger partial charge in [-0.2, -0.15) is 0 Å². The van der Waals surface area contributed by atoms with Crippen LogP contribution in [0, 0.1) is 0 Å². The van der Waals surface area contributed by atoms with E-state index in [-0.39, 0.29) is 24.4 Å². The van der Waals surface area contributed by atoms with Gasteiger partial charge in [-0.25, -0.2) is 0 Å². The molecule has 4 nitrogen and oxygen atoms in total. The summed E-state index contributed by atoms with van der Waals surface area (Å²) in [6, 6.07) is 7.62. The Kier molecular flexibility index (Phi) is 6.28. The van der Waals surface area contributed by atoms with E-state index in [1.54, 1.807) is 6.92 Å². The van der Waals surface area contributed by atoms with Gasteiger partial charge in [0.25, 0.3) is 0 Å². The van der Waals surface area contributed by atoms with Crippen LogP contribution in [0.3, 0.4) is 0 Å². The van der Waals surface area contributed by atoms with E-state index < -0.39 is 6.10 Å². The van der Waals surface area contributed by atoms with Crippen LogP contribution in [0.1, 0.15) is 37.0 Å². The molecule has 0 aromatic heterocycles. The van der Waals surface area contributed by atoms with Gasteiger partial charge in [-0.3, -0.25) is 4.79 Å². The molecule has 0 bridgehead atoms. The SMILES string of the molecule is CC(O)c1ccc(CNC(=O)C2CCCN2)cc1.Cl. The number of benzene rings is 1. The molecule has 1 aliphatic heterocycles. The van der Waals surface area contributed by atoms with E-state index in [0.29, 0.717) is 6.54 Å². The molecule has 1 aromatic rings. The number of rotatable bonds is 4. The van der Waals surface area contributed by atoms with Gasteiger partial charge in [0, 0.05) is 6.54 Å². The van der Waals surface area contributed by atoms with Crippen LogP contribution in [0.2, 0.25) is 0 Å². The molecule has 0 aliphatic carbocycles. The summed E-state index contributed by atoms with van der Waals surface area (Å²) in [5.41, 5.74) is 1.94. The first-order valence-corrected chi connectivity index (χ1v) is 6.45. The minimum atomic E-state index is -0.448. The molecule has 1 amide bonds. The van der Waals surface area contributed by atoms with Crippen LogP contribution >= 0.6 is 12.4 Å². The lowest BCUT2D eigenvalue weighted by Gasteiger charge is -2.11. The van der Waals surface area contributed by atoms with Crippen LogP contribution in [0.4, 0.5) is 0 Å². The third kappa shape index (κ3) is 4.49. The Hall–Kier alpha value is -1.10. The van der Waals surface area contributed by atoms with Crippen molar-refractivity contribution in [1.29, 1.82) is 0 Å². The number of carbonyl (C=O) groups is 1. The quantitative estimate of drug-likeness (QED) is 0.786. The molecule has 1 heterocycles. The normalized spacial score (nSPS) is 19.6. The lowest BCUT2D eigenvalue weighted by atomic mass is 10.1. The standard InChI is InChI=1S/C14H20N2O2.ClH/c1-10(17)12-6-4-11(5-7-12)9-16-14(18)13-3-2-8-15-13;/h4-7,10,13,15,17H,2-3,8-9H2,1H3,(H,16,18);1H. The van der Waals surface area contributed by atoms with Gasteiger partial charge in [-0.05, 0) is 37.4 Å². The van der Waals surface area contributed by atoms with Crippen LogP contribution in [0.15, 0.2) is 24.3 Å². The Labute approximate surface area is 120 Å². The second kappa shape index (κ2) is 7.48. The van der Waals surface area contributed by atoms with Crippen LogP contribution < -0.4 is 10.6 Å². The van der Waals surface area contributed by atoms with Crippen LogP contribution in [-0.4, -0.2) is 23.6 Å². The summed E-state index contributed by atoms with van der Waals surface area (Å²) >= 11 is 0. The Morgan fingerprint density at radius 2 is 2.16 bits per heavy atom. The Bertz CT molecular complexity index is 400. The van der Waals surface area contributed by atoms with Gasteiger partial charge in [-0.1, -0.05) is 24.3 Å². The van der Waals surface area contributed by atoms with E-state index >= 15 is 0 Å². The van der Waals surface area contributed by atoms with Crippen molar-refractivity contribution in [2.75, 3.05) is 6.54 Å². The number of hydrogen-bond acceptors (Lipinski definition) is 3. The third-order valence-corrected chi connectivity index (χ3v) is 3.31. The zero-order chi connectivity index (χ0) is 13.0. The molecule has 2 rings (SSSR count). The maximum Gasteiger partial charge on any atom is 0.237 e. The van der Waals surface area contributed by atoms with Crippen molar-refractivity contribution < 1.29 is 9.90 Å². The van der Waals surface area contributed by atoms with Crippen molar-refractivity contribution >= 4 is 18.3 Å². The topological polar surface area (TPSA) is 61.4 Å². The summed E-state index contributed by atoms with van der Waals surface area (Å²) < 4.78 is 0. The molecule has 5 heteroatoms. The van der Waals surface area contributed by atoms with Crippen LogP contribution in [0.5, 0.6) is 0 Å². The fourth-order valence-electron chi connectivity index (χ4n) is 2.13. The van der Waals surface area contributed by atoms with Gasteiger partial charge >= 0.3 is 0 Å². The summed E-state index contributed by atoms with van der Waals surface area (Å²) in [4.78, 5) is 11.8. The van der Waals surface area contributed by atoms with Gasteiger partial charge < -0.3 is 15.7 Å². The first-order valence-electron chi connectivity index (χ1n) is 6.45. The highest BCUT2D eigenvalue weighted by atomic mass is 35.5. The van der Waals surface area contributed by atoms with E-state index in [2.05, 4.69) is 10.6 Å². The highest BCUT2D eigenvalue weighted by molar-refractivity contribution is 5.85. The maximum absolute atomic E-state index is 11.8. The lowest BCUT2D eigenvalue weighted by molar-refractivity contribution is -0.122. The summed E-state index contributed by atoms with van der Waals surface area (Å²) in [5.74, 6) is 0.0760. The predicted molar refractivity (Wildman–Crippen MR) is 77.2 cm³/mol. The Morgan fingerprint density at radius 1 is 1.47 bits per heavy atom. The zero-order valence-electron chi connectivity index (χ0n) is 11.1. The number of hydrogen-bond donors (Lipinski definition) is 3. The van der Waals surface area contributed by atoms with E-state index in [1.165, 1.54) is 0 Å². The smallest absolute Gasteiger partial charge is 0.237 e. The Morgan fingerprint density at radius 3 is 2.68 bits per heavy atom. The van der Waals surface area contributed by atoms with Crippen molar-refractivity contribution in [2.24, 2.45) is 0 Å². The Balaban J connectivity index is 0.00000180. The number of halogens is 1. The average Bonchev–Trinajstić information content (AvgIpc) is 2.90. The number of amides is 1. The van der Waals surface area contributed by atoms with Gasteiger partial charge in [-0.15, -0.1) is 12.4 Å². The molecule has 3 N–H and O–H groups in total. The molecule has 0 spiro atoms. The number of nitrogens with one attached hydrogen (secondary N) is 2. The largest absolute Gasteiger partial charge is 0.389 e. The van der Waals surface area contributed by atoms with Crippen molar-refractivity contribution in [1.82, 2.24) is 10.6 Å². The minimum absolute atomic E-state index is 0. The molecule has 2 atom stereocenters. The monoisotopic (exact) mass is 284 g/mol. The van der Waals surface area contributed by atoms with Gasteiger partial charge in [0.1, 0.15) is 0 Å². The van der Waals surface area contributed by atoms with Gasteiger partial charge in [0.05, 0.1) is 12.1 Å². The van der Waals surface area contributed by atoms with Crippen LogP contribution in [0.25, 0.3) is 0 Å². The first kappa shape index (κ1) is 16.0. The van der Waals surface area contributed by atoms with Crippen molar-refractivity contribution in [3.8, 4) is 0 Å². The van der Waals surface area contributed by atoms with Crippen LogP contribution in [-0.2, 0) is 11.3 Å². The molecule has 1 saturated heterocycles. The van der Waals surface area contributed by atoms with Crippen molar-refractivity contribution in [3.63, 3.8) is 0 Å². The van der Waals surface area contributed by atoms with Crippen molar-refractivity contribution in [3.05, 3.63) is 35.4 Å².